The summed E-state index contributed by atoms with van der Waals surface area (Å²) in [6.45, 7) is 8.50. The van der Waals surface area contributed by atoms with Crippen molar-refractivity contribution >= 4 is 33.9 Å². The molecule has 0 spiro atoms. The van der Waals surface area contributed by atoms with E-state index in [1.807, 2.05) is 19.1 Å². The Balaban J connectivity index is 1.50. The van der Waals surface area contributed by atoms with E-state index in [0.29, 0.717) is 28.6 Å². The topological polar surface area (TPSA) is 74.8 Å². The van der Waals surface area contributed by atoms with Gasteiger partial charge in [-0.05, 0) is 39.0 Å². The zero-order valence-corrected chi connectivity index (χ0v) is 17.7. The van der Waals surface area contributed by atoms with Crippen molar-refractivity contribution in [3.63, 3.8) is 0 Å². The molecule has 1 atom stereocenters. The van der Waals surface area contributed by atoms with Gasteiger partial charge in [-0.15, -0.1) is 0 Å². The van der Waals surface area contributed by atoms with Gasteiger partial charge in [0.05, 0.1) is 16.9 Å². The number of anilines is 2. The highest BCUT2D eigenvalue weighted by Crippen LogP contribution is 2.33. The van der Waals surface area contributed by atoms with Crippen LogP contribution in [-0.2, 0) is 0 Å². The number of halogens is 1. The maximum atomic E-state index is 14.4. The minimum absolute atomic E-state index is 0.231. The number of carbonyl (C=O) groups excluding carboxylic acids is 1. The largest absolute Gasteiger partial charge is 0.460 e. The van der Waals surface area contributed by atoms with Crippen LogP contribution in [0.15, 0.2) is 41.1 Å². The number of hydrogen-bond donors (Lipinski definition) is 2. The van der Waals surface area contributed by atoms with Crippen molar-refractivity contribution in [3.05, 3.63) is 59.5 Å². The first kappa shape index (κ1) is 19.6. The van der Waals surface area contributed by atoms with Crippen LogP contribution in [0.2, 0.25) is 0 Å². The van der Waals surface area contributed by atoms with E-state index in [4.69, 9.17) is 4.42 Å². The van der Waals surface area contributed by atoms with E-state index in [1.54, 1.807) is 29.8 Å². The number of hydrogen-bond acceptors (Lipinski definition) is 5. The summed E-state index contributed by atoms with van der Waals surface area (Å²) in [6.07, 6.45) is 3.36. The van der Waals surface area contributed by atoms with Crippen molar-refractivity contribution in [1.82, 2.24) is 14.7 Å². The summed E-state index contributed by atoms with van der Waals surface area (Å²) in [7, 11) is 0. The second-order valence-electron chi connectivity index (χ2n) is 8.18. The molecule has 0 saturated carbocycles. The minimum atomic E-state index is -0.493. The van der Waals surface area contributed by atoms with Crippen LogP contribution in [0.5, 0.6) is 0 Å². The maximum absolute atomic E-state index is 14.4. The van der Waals surface area contributed by atoms with Crippen molar-refractivity contribution in [2.24, 2.45) is 0 Å². The Morgan fingerprint density at radius 3 is 2.94 bits per heavy atom. The SMILES string of the molecule is Cc1cn2cc(NC(=O)c3ccc(N4CCNC(C)C4)c4cc(C)oc34)cc(F)c2n1. The van der Waals surface area contributed by atoms with Gasteiger partial charge in [0, 0.05) is 55.2 Å². The summed E-state index contributed by atoms with van der Waals surface area (Å²) in [5, 5.41) is 7.15. The average molecular weight is 421 g/mol. The number of carbonyl (C=O) groups is 1. The number of aromatic nitrogens is 2. The zero-order valence-electron chi connectivity index (χ0n) is 17.7. The van der Waals surface area contributed by atoms with Crippen LogP contribution in [0.25, 0.3) is 16.6 Å². The van der Waals surface area contributed by atoms with E-state index in [0.717, 1.165) is 36.5 Å². The molecular weight excluding hydrogens is 397 g/mol. The van der Waals surface area contributed by atoms with Gasteiger partial charge in [-0.25, -0.2) is 9.37 Å². The summed E-state index contributed by atoms with van der Waals surface area (Å²) in [5.74, 6) is -0.107. The molecule has 1 aliphatic rings. The first-order chi connectivity index (χ1) is 14.9. The number of pyridine rings is 1. The quantitative estimate of drug-likeness (QED) is 0.525. The lowest BCUT2D eigenvalue weighted by molar-refractivity contribution is 0.102. The van der Waals surface area contributed by atoms with Gasteiger partial charge in [-0.1, -0.05) is 0 Å². The van der Waals surface area contributed by atoms with Crippen LogP contribution in [0.1, 0.15) is 28.7 Å². The Morgan fingerprint density at radius 1 is 1.29 bits per heavy atom. The molecule has 160 valence electrons. The summed E-state index contributed by atoms with van der Waals surface area (Å²) in [4.78, 5) is 19.5. The predicted molar refractivity (Wildman–Crippen MR) is 118 cm³/mol. The molecular formula is C23H24FN5O2. The Kier molecular flexibility index (Phi) is 4.66. The van der Waals surface area contributed by atoms with Crippen molar-refractivity contribution < 1.29 is 13.6 Å². The van der Waals surface area contributed by atoms with Crippen LogP contribution in [-0.4, -0.2) is 41.0 Å². The molecule has 1 aromatic carbocycles. The minimum Gasteiger partial charge on any atom is -0.460 e. The monoisotopic (exact) mass is 421 g/mol. The number of amides is 1. The van der Waals surface area contributed by atoms with Crippen LogP contribution < -0.4 is 15.5 Å². The van der Waals surface area contributed by atoms with Gasteiger partial charge < -0.3 is 24.4 Å². The molecule has 0 aliphatic carbocycles. The first-order valence-corrected chi connectivity index (χ1v) is 10.4. The predicted octanol–water partition coefficient (Wildman–Crippen LogP) is 3.89. The van der Waals surface area contributed by atoms with Crippen LogP contribution in [0.4, 0.5) is 15.8 Å². The molecule has 7 nitrogen and oxygen atoms in total. The van der Waals surface area contributed by atoms with Gasteiger partial charge in [0.15, 0.2) is 11.5 Å². The van der Waals surface area contributed by atoms with Gasteiger partial charge in [-0.2, -0.15) is 0 Å². The smallest absolute Gasteiger partial charge is 0.259 e. The van der Waals surface area contributed by atoms with Gasteiger partial charge >= 0.3 is 0 Å². The highest BCUT2D eigenvalue weighted by atomic mass is 19.1. The molecule has 31 heavy (non-hydrogen) atoms. The first-order valence-electron chi connectivity index (χ1n) is 10.4. The van der Waals surface area contributed by atoms with Crippen molar-refractivity contribution in [2.45, 2.75) is 26.8 Å². The molecule has 4 heterocycles. The third-order valence-electron chi connectivity index (χ3n) is 5.62. The van der Waals surface area contributed by atoms with Crippen LogP contribution in [0.3, 0.4) is 0 Å². The van der Waals surface area contributed by atoms with E-state index in [-0.39, 0.29) is 11.6 Å². The molecule has 1 aliphatic heterocycles. The van der Waals surface area contributed by atoms with Crippen molar-refractivity contribution in [2.75, 3.05) is 29.9 Å². The van der Waals surface area contributed by atoms with Crippen molar-refractivity contribution in [1.29, 1.82) is 0 Å². The molecule has 0 bridgehead atoms. The highest BCUT2D eigenvalue weighted by Gasteiger charge is 2.22. The molecule has 0 radical (unpaired) electrons. The summed E-state index contributed by atoms with van der Waals surface area (Å²) >= 11 is 0. The third kappa shape index (κ3) is 3.53. The Hall–Kier alpha value is -3.39. The van der Waals surface area contributed by atoms with E-state index in [1.165, 1.54) is 6.07 Å². The van der Waals surface area contributed by atoms with Gasteiger partial charge in [0.2, 0.25) is 0 Å². The number of benzene rings is 1. The number of aryl methyl sites for hydroxylation is 2. The third-order valence-corrected chi connectivity index (χ3v) is 5.62. The summed E-state index contributed by atoms with van der Waals surface area (Å²) in [6, 6.07) is 7.37. The second-order valence-corrected chi connectivity index (χ2v) is 8.18. The van der Waals surface area contributed by atoms with Gasteiger partial charge in [0.1, 0.15) is 11.3 Å². The number of piperazine rings is 1. The Labute approximate surface area is 178 Å². The molecule has 1 fully saturated rings. The number of imidazole rings is 1. The normalized spacial score (nSPS) is 16.9. The van der Waals surface area contributed by atoms with Crippen LogP contribution >= 0.6 is 0 Å². The second kappa shape index (κ2) is 7.39. The number of nitrogens with one attached hydrogen (secondary N) is 2. The molecule has 8 heteroatoms. The van der Waals surface area contributed by atoms with E-state index in [9.17, 15) is 9.18 Å². The Morgan fingerprint density at radius 2 is 2.13 bits per heavy atom. The summed E-state index contributed by atoms with van der Waals surface area (Å²) < 4.78 is 21.9. The number of furan rings is 1. The maximum Gasteiger partial charge on any atom is 0.259 e. The molecule has 2 N–H and O–H groups in total. The fourth-order valence-corrected chi connectivity index (χ4v) is 4.28. The molecule has 1 amide bonds. The van der Waals surface area contributed by atoms with Gasteiger partial charge in [-0.3, -0.25) is 4.79 Å². The van der Waals surface area contributed by atoms with E-state index >= 15 is 0 Å². The molecule has 3 aromatic heterocycles. The number of nitrogens with zero attached hydrogens (tertiary/aromatic N) is 3. The number of rotatable bonds is 3. The zero-order chi connectivity index (χ0) is 21.7. The lowest BCUT2D eigenvalue weighted by Crippen LogP contribution is -2.49. The van der Waals surface area contributed by atoms with Crippen LogP contribution in [0, 0.1) is 19.7 Å². The van der Waals surface area contributed by atoms with E-state index < -0.39 is 5.82 Å². The molecule has 1 unspecified atom stereocenters. The lowest BCUT2D eigenvalue weighted by atomic mass is 10.1. The standard InChI is InChI=1S/C23H24FN5O2/c1-13-10-28(7-6-25-13)20-5-4-17(21-18(20)8-15(3)31-21)23(30)27-16-9-19(24)22-26-14(2)11-29(22)12-16/h4-5,8-9,11-13,25H,6-7,10H2,1-3H3,(H,27,30). The lowest BCUT2D eigenvalue weighted by Gasteiger charge is -2.34. The van der Waals surface area contributed by atoms with Gasteiger partial charge in [0.25, 0.3) is 5.91 Å². The average Bonchev–Trinajstić information content (AvgIpc) is 3.28. The van der Waals surface area contributed by atoms with E-state index in [2.05, 4.69) is 27.4 Å². The van der Waals surface area contributed by atoms with Crippen molar-refractivity contribution in [3.8, 4) is 0 Å². The number of fused-ring (bicyclic) bond motifs is 2. The Bertz CT molecular complexity index is 1310. The molecule has 5 rings (SSSR count). The molecule has 1 saturated heterocycles. The highest BCUT2D eigenvalue weighted by molar-refractivity contribution is 6.13. The fraction of sp³-hybridized carbons (Fsp3) is 0.304. The summed E-state index contributed by atoms with van der Waals surface area (Å²) in [5.41, 5.74) is 3.29. The molecule has 4 aromatic rings. The fourth-order valence-electron chi connectivity index (χ4n) is 4.28.